The Morgan fingerprint density at radius 2 is 2.40 bits per heavy atom. The summed E-state index contributed by atoms with van der Waals surface area (Å²) >= 11 is 0. The van der Waals surface area contributed by atoms with Gasteiger partial charge >= 0.3 is 0 Å². The monoisotopic (exact) mass is 138 g/mol. The van der Waals surface area contributed by atoms with Gasteiger partial charge in [0.1, 0.15) is 5.60 Å². The van der Waals surface area contributed by atoms with Gasteiger partial charge in [-0.05, 0) is 25.2 Å². The molecule has 0 spiro atoms. The van der Waals surface area contributed by atoms with E-state index in [0.29, 0.717) is 5.92 Å². The molecule has 0 aromatic heterocycles. The van der Waals surface area contributed by atoms with Crippen molar-refractivity contribution in [1.29, 1.82) is 0 Å². The molecule has 0 aliphatic heterocycles. The Morgan fingerprint density at radius 3 is 2.80 bits per heavy atom. The van der Waals surface area contributed by atoms with Crippen LogP contribution in [0.25, 0.3) is 0 Å². The largest absolute Gasteiger partial charge is 0.378 e. The lowest BCUT2D eigenvalue weighted by atomic mass is 9.79. The van der Waals surface area contributed by atoms with Crippen molar-refractivity contribution in [3.8, 4) is 12.3 Å². The molecule has 0 amide bonds. The molecule has 0 heterocycles. The summed E-state index contributed by atoms with van der Waals surface area (Å²) in [5, 5.41) is 9.61. The van der Waals surface area contributed by atoms with E-state index in [9.17, 15) is 5.11 Å². The van der Waals surface area contributed by atoms with Crippen molar-refractivity contribution in [1.82, 2.24) is 0 Å². The Morgan fingerprint density at radius 1 is 1.70 bits per heavy atom. The highest BCUT2D eigenvalue weighted by Crippen LogP contribution is 2.31. The predicted octanol–water partition coefficient (Wildman–Crippen LogP) is 1.56. The van der Waals surface area contributed by atoms with Crippen molar-refractivity contribution in [2.45, 2.75) is 38.2 Å². The number of hydrogen-bond donors (Lipinski definition) is 1. The third-order valence-corrected chi connectivity index (χ3v) is 2.24. The van der Waals surface area contributed by atoms with Gasteiger partial charge in [-0.1, -0.05) is 19.3 Å². The van der Waals surface area contributed by atoms with Gasteiger partial charge in [-0.3, -0.25) is 0 Å². The van der Waals surface area contributed by atoms with Crippen LogP contribution in [0.15, 0.2) is 0 Å². The van der Waals surface area contributed by atoms with Crippen LogP contribution in [0, 0.1) is 18.3 Å². The van der Waals surface area contributed by atoms with E-state index in [1.54, 1.807) is 0 Å². The van der Waals surface area contributed by atoms with Gasteiger partial charge in [0, 0.05) is 0 Å². The number of aliphatic hydroxyl groups is 1. The zero-order chi connectivity index (χ0) is 7.61. The highest BCUT2D eigenvalue weighted by Gasteiger charge is 2.29. The van der Waals surface area contributed by atoms with E-state index in [-0.39, 0.29) is 0 Å². The van der Waals surface area contributed by atoms with Crippen LogP contribution < -0.4 is 0 Å². The predicted molar refractivity (Wildman–Crippen MR) is 41.4 cm³/mol. The van der Waals surface area contributed by atoms with E-state index >= 15 is 0 Å². The maximum absolute atomic E-state index is 9.61. The molecule has 1 aliphatic carbocycles. The van der Waals surface area contributed by atoms with Gasteiger partial charge in [0.15, 0.2) is 0 Å². The van der Waals surface area contributed by atoms with Gasteiger partial charge in [0.2, 0.25) is 0 Å². The second kappa shape index (κ2) is 2.64. The van der Waals surface area contributed by atoms with Crippen LogP contribution in [0.5, 0.6) is 0 Å². The van der Waals surface area contributed by atoms with Crippen LogP contribution in [0.4, 0.5) is 0 Å². The molecule has 0 unspecified atom stereocenters. The zero-order valence-corrected chi connectivity index (χ0v) is 6.43. The summed E-state index contributed by atoms with van der Waals surface area (Å²) in [5.41, 5.74) is -0.780. The zero-order valence-electron chi connectivity index (χ0n) is 6.43. The van der Waals surface area contributed by atoms with Gasteiger partial charge in [-0.15, -0.1) is 6.42 Å². The molecule has 56 valence electrons. The minimum absolute atomic E-state index is 0.592. The van der Waals surface area contributed by atoms with Crippen molar-refractivity contribution in [3.63, 3.8) is 0 Å². The van der Waals surface area contributed by atoms with E-state index in [4.69, 9.17) is 6.42 Å². The lowest BCUT2D eigenvalue weighted by molar-refractivity contribution is 0.0412. The Labute approximate surface area is 62.4 Å². The number of rotatable bonds is 0. The fourth-order valence-corrected chi connectivity index (χ4v) is 1.65. The summed E-state index contributed by atoms with van der Waals surface area (Å²) in [6, 6.07) is 0. The molecule has 0 saturated heterocycles. The average molecular weight is 138 g/mol. The molecule has 1 N–H and O–H groups in total. The van der Waals surface area contributed by atoms with Crippen LogP contribution in [-0.4, -0.2) is 10.7 Å². The summed E-state index contributed by atoms with van der Waals surface area (Å²) in [5.74, 6) is 3.06. The summed E-state index contributed by atoms with van der Waals surface area (Å²) in [7, 11) is 0. The van der Waals surface area contributed by atoms with Crippen LogP contribution in [0.2, 0.25) is 0 Å². The Bertz CT molecular complexity index is 157. The molecule has 2 atom stereocenters. The quantitative estimate of drug-likeness (QED) is 0.504. The Kier molecular flexibility index (Phi) is 2.01. The smallest absolute Gasteiger partial charge is 0.125 e. The lowest BCUT2D eigenvalue weighted by Gasteiger charge is -2.30. The van der Waals surface area contributed by atoms with Crippen LogP contribution in [-0.2, 0) is 0 Å². The van der Waals surface area contributed by atoms with Crippen molar-refractivity contribution in [3.05, 3.63) is 0 Å². The molecule has 1 aliphatic rings. The topological polar surface area (TPSA) is 20.2 Å². The van der Waals surface area contributed by atoms with Crippen LogP contribution >= 0.6 is 0 Å². The standard InChI is InChI=1S/C9H14O/c1-3-9(10)6-4-5-8(2)7-9/h1,8,10H,4-7H2,2H3/t8-,9-/m1/s1. The molecule has 0 bridgehead atoms. The first-order valence-corrected chi connectivity index (χ1v) is 3.86. The Balaban J connectivity index is 2.56. The first kappa shape index (κ1) is 7.63. The maximum Gasteiger partial charge on any atom is 0.125 e. The highest BCUT2D eigenvalue weighted by atomic mass is 16.3. The minimum atomic E-state index is -0.780. The third kappa shape index (κ3) is 1.52. The van der Waals surface area contributed by atoms with Gasteiger partial charge in [-0.25, -0.2) is 0 Å². The maximum atomic E-state index is 9.61. The van der Waals surface area contributed by atoms with Crippen molar-refractivity contribution >= 4 is 0 Å². The normalized spacial score (nSPS) is 40.7. The van der Waals surface area contributed by atoms with Crippen LogP contribution in [0.3, 0.4) is 0 Å². The van der Waals surface area contributed by atoms with E-state index in [1.165, 1.54) is 6.42 Å². The van der Waals surface area contributed by atoms with E-state index in [1.807, 2.05) is 0 Å². The van der Waals surface area contributed by atoms with Crippen molar-refractivity contribution < 1.29 is 5.11 Å². The molecule has 0 radical (unpaired) electrons. The first-order chi connectivity index (χ1) is 4.66. The van der Waals surface area contributed by atoms with E-state index in [2.05, 4.69) is 12.8 Å². The molecule has 1 heteroatoms. The first-order valence-electron chi connectivity index (χ1n) is 3.86. The fraction of sp³-hybridized carbons (Fsp3) is 0.778. The van der Waals surface area contributed by atoms with E-state index < -0.39 is 5.60 Å². The SMILES string of the molecule is C#C[C@@]1(O)CCC[C@@H](C)C1. The van der Waals surface area contributed by atoms with Crippen molar-refractivity contribution in [2.75, 3.05) is 0 Å². The average Bonchev–Trinajstić information content (AvgIpc) is 1.88. The lowest BCUT2D eigenvalue weighted by Crippen LogP contribution is -2.32. The summed E-state index contributed by atoms with van der Waals surface area (Å²) in [6.07, 6.45) is 9.05. The minimum Gasteiger partial charge on any atom is -0.378 e. The molecule has 1 saturated carbocycles. The molecule has 10 heavy (non-hydrogen) atoms. The molecule has 1 rings (SSSR count). The third-order valence-electron chi connectivity index (χ3n) is 2.24. The highest BCUT2D eigenvalue weighted by molar-refractivity contribution is 5.08. The Hall–Kier alpha value is -0.480. The fourth-order valence-electron chi connectivity index (χ4n) is 1.65. The second-order valence-electron chi connectivity index (χ2n) is 3.38. The van der Waals surface area contributed by atoms with Crippen molar-refractivity contribution in [2.24, 2.45) is 5.92 Å². The summed E-state index contributed by atoms with van der Waals surface area (Å²) in [6.45, 7) is 2.14. The second-order valence-corrected chi connectivity index (χ2v) is 3.38. The molecular formula is C9H14O. The molecular weight excluding hydrogens is 124 g/mol. The molecule has 1 nitrogen and oxygen atoms in total. The van der Waals surface area contributed by atoms with Gasteiger partial charge in [0.25, 0.3) is 0 Å². The summed E-state index contributed by atoms with van der Waals surface area (Å²) in [4.78, 5) is 0. The van der Waals surface area contributed by atoms with Gasteiger partial charge in [-0.2, -0.15) is 0 Å². The van der Waals surface area contributed by atoms with Crippen LogP contribution in [0.1, 0.15) is 32.6 Å². The molecule has 1 fully saturated rings. The van der Waals surface area contributed by atoms with Gasteiger partial charge < -0.3 is 5.11 Å². The molecule has 0 aromatic carbocycles. The number of terminal acetylenes is 1. The number of hydrogen-bond acceptors (Lipinski definition) is 1. The summed E-state index contributed by atoms with van der Waals surface area (Å²) < 4.78 is 0. The molecule has 0 aromatic rings. The van der Waals surface area contributed by atoms with E-state index in [0.717, 1.165) is 19.3 Å². The van der Waals surface area contributed by atoms with Gasteiger partial charge in [0.05, 0.1) is 0 Å².